The number of benzene rings is 2. The number of carbonyl (C=O) groups excluding carboxylic acids is 2. The summed E-state index contributed by atoms with van der Waals surface area (Å²) in [4.78, 5) is 23.7. The zero-order valence-corrected chi connectivity index (χ0v) is 13.3. The maximum Gasteiger partial charge on any atom is 0.338 e. The van der Waals surface area contributed by atoms with Gasteiger partial charge < -0.3 is 9.47 Å². The van der Waals surface area contributed by atoms with E-state index in [-0.39, 0.29) is 18.5 Å². The fourth-order valence-electron chi connectivity index (χ4n) is 2.11. The average molecular weight is 312 g/mol. The Hall–Kier alpha value is -2.62. The van der Waals surface area contributed by atoms with Gasteiger partial charge in [0.1, 0.15) is 6.61 Å². The van der Waals surface area contributed by atoms with Crippen molar-refractivity contribution in [3.05, 3.63) is 71.3 Å². The summed E-state index contributed by atoms with van der Waals surface area (Å²) in [6, 6.07) is 16.4. The second-order valence-corrected chi connectivity index (χ2v) is 5.16. The van der Waals surface area contributed by atoms with Gasteiger partial charge in [0, 0.05) is 0 Å². The van der Waals surface area contributed by atoms with Gasteiger partial charge in [0.2, 0.25) is 0 Å². The second-order valence-electron chi connectivity index (χ2n) is 5.16. The van der Waals surface area contributed by atoms with Gasteiger partial charge in [-0.3, -0.25) is 4.79 Å². The molecule has 0 spiro atoms. The zero-order valence-electron chi connectivity index (χ0n) is 13.3. The van der Waals surface area contributed by atoms with Crippen LogP contribution >= 0.6 is 0 Å². The minimum Gasteiger partial charge on any atom is -0.462 e. The molecule has 23 heavy (non-hydrogen) atoms. The average Bonchev–Trinajstić information content (AvgIpc) is 2.60. The quantitative estimate of drug-likeness (QED) is 0.763. The molecule has 0 aliphatic rings. The molecule has 0 heterocycles. The van der Waals surface area contributed by atoms with Crippen LogP contribution in [0.3, 0.4) is 0 Å². The number of esters is 2. The van der Waals surface area contributed by atoms with Gasteiger partial charge in [0.25, 0.3) is 0 Å². The van der Waals surface area contributed by atoms with E-state index in [0.717, 1.165) is 11.1 Å². The lowest BCUT2D eigenvalue weighted by molar-refractivity contribution is -0.146. The van der Waals surface area contributed by atoms with Gasteiger partial charge in [0.05, 0.1) is 18.1 Å². The Morgan fingerprint density at radius 2 is 1.61 bits per heavy atom. The molecule has 0 N–H and O–H groups in total. The van der Waals surface area contributed by atoms with Crippen LogP contribution in [0.4, 0.5) is 0 Å². The Bertz CT molecular complexity index is 647. The molecule has 2 aromatic carbocycles. The summed E-state index contributed by atoms with van der Waals surface area (Å²) in [5.41, 5.74) is 2.22. The summed E-state index contributed by atoms with van der Waals surface area (Å²) in [7, 11) is 0. The van der Waals surface area contributed by atoms with Crippen LogP contribution in [0.2, 0.25) is 0 Å². The smallest absolute Gasteiger partial charge is 0.338 e. The van der Waals surface area contributed by atoms with Crippen molar-refractivity contribution in [3.8, 4) is 0 Å². The van der Waals surface area contributed by atoms with Crippen LogP contribution < -0.4 is 0 Å². The van der Waals surface area contributed by atoms with E-state index in [0.29, 0.717) is 12.2 Å². The van der Waals surface area contributed by atoms with Crippen molar-refractivity contribution in [1.82, 2.24) is 0 Å². The van der Waals surface area contributed by atoms with Crippen LogP contribution in [0, 0.1) is 0 Å². The van der Waals surface area contributed by atoms with Crippen molar-refractivity contribution < 1.29 is 19.1 Å². The molecular formula is C19H20O4. The molecule has 0 amide bonds. The first-order chi connectivity index (χ1) is 11.1. The molecule has 0 fully saturated rings. The van der Waals surface area contributed by atoms with Crippen molar-refractivity contribution in [2.45, 2.75) is 26.4 Å². The first-order valence-corrected chi connectivity index (χ1v) is 7.59. The molecule has 0 saturated carbocycles. The highest BCUT2D eigenvalue weighted by Gasteiger charge is 2.17. The molecule has 2 rings (SSSR count). The molecule has 0 radical (unpaired) electrons. The fourth-order valence-corrected chi connectivity index (χ4v) is 2.11. The minimum absolute atomic E-state index is 0.255. The van der Waals surface area contributed by atoms with Crippen molar-refractivity contribution in [3.63, 3.8) is 0 Å². The molecule has 0 bridgehead atoms. The number of hydrogen-bond acceptors (Lipinski definition) is 4. The third-order valence-electron chi connectivity index (χ3n) is 3.50. The molecule has 120 valence electrons. The summed E-state index contributed by atoms with van der Waals surface area (Å²) in [6.07, 6.45) is 0. The molecule has 0 aliphatic carbocycles. The van der Waals surface area contributed by atoms with Crippen LogP contribution in [-0.2, 0) is 20.9 Å². The minimum atomic E-state index is -0.394. The van der Waals surface area contributed by atoms with E-state index in [1.165, 1.54) is 0 Å². The van der Waals surface area contributed by atoms with E-state index in [1.807, 2.05) is 30.3 Å². The van der Waals surface area contributed by atoms with Gasteiger partial charge in [-0.1, -0.05) is 42.5 Å². The van der Waals surface area contributed by atoms with Crippen molar-refractivity contribution in [2.75, 3.05) is 6.61 Å². The monoisotopic (exact) mass is 312 g/mol. The van der Waals surface area contributed by atoms with Gasteiger partial charge in [0.15, 0.2) is 0 Å². The lowest BCUT2D eigenvalue weighted by Gasteiger charge is -2.12. The topological polar surface area (TPSA) is 52.6 Å². The van der Waals surface area contributed by atoms with Crippen LogP contribution in [-0.4, -0.2) is 18.5 Å². The first-order valence-electron chi connectivity index (χ1n) is 7.59. The summed E-state index contributed by atoms with van der Waals surface area (Å²) in [6.45, 7) is 4.14. The highest BCUT2D eigenvalue weighted by Crippen LogP contribution is 2.18. The lowest BCUT2D eigenvalue weighted by Crippen LogP contribution is -2.13. The van der Waals surface area contributed by atoms with E-state index in [4.69, 9.17) is 9.47 Å². The Morgan fingerprint density at radius 3 is 2.22 bits per heavy atom. The van der Waals surface area contributed by atoms with Crippen LogP contribution in [0.5, 0.6) is 0 Å². The number of carbonyl (C=O) groups is 2. The zero-order chi connectivity index (χ0) is 16.7. The third kappa shape index (κ3) is 4.68. The second kappa shape index (κ2) is 8.13. The maximum atomic E-state index is 12.1. The van der Waals surface area contributed by atoms with E-state index in [2.05, 4.69) is 0 Å². The molecule has 0 unspecified atom stereocenters. The van der Waals surface area contributed by atoms with E-state index in [9.17, 15) is 9.59 Å². The third-order valence-corrected chi connectivity index (χ3v) is 3.50. The summed E-state index contributed by atoms with van der Waals surface area (Å²) in [5, 5.41) is 0. The molecule has 1 atom stereocenters. The molecule has 4 heteroatoms. The summed E-state index contributed by atoms with van der Waals surface area (Å²) < 4.78 is 10.3. The fraction of sp³-hybridized carbons (Fsp3) is 0.263. The normalized spacial score (nSPS) is 11.6. The van der Waals surface area contributed by atoms with Gasteiger partial charge >= 0.3 is 11.9 Å². The number of hydrogen-bond donors (Lipinski definition) is 0. The molecule has 0 aliphatic heterocycles. The van der Waals surface area contributed by atoms with E-state index >= 15 is 0 Å². The van der Waals surface area contributed by atoms with E-state index < -0.39 is 5.92 Å². The van der Waals surface area contributed by atoms with Crippen molar-refractivity contribution in [2.24, 2.45) is 0 Å². The molecule has 2 aromatic rings. The maximum absolute atomic E-state index is 12.1. The highest BCUT2D eigenvalue weighted by molar-refractivity contribution is 5.89. The lowest BCUT2D eigenvalue weighted by atomic mass is 10.00. The molecule has 4 nitrogen and oxygen atoms in total. The molecule has 0 saturated heterocycles. The van der Waals surface area contributed by atoms with Gasteiger partial charge in [-0.15, -0.1) is 0 Å². The number of ether oxygens (including phenoxy) is 2. The Morgan fingerprint density at radius 1 is 0.957 bits per heavy atom. The predicted molar refractivity (Wildman–Crippen MR) is 87.1 cm³/mol. The molecular weight excluding hydrogens is 292 g/mol. The largest absolute Gasteiger partial charge is 0.462 e. The number of rotatable bonds is 6. The standard InChI is InChI=1S/C19H20O4/c1-3-22-19(21)17-11-9-16(10-12-17)14(2)18(20)23-13-15-7-5-4-6-8-15/h4-12,14H,3,13H2,1-2H3/t14-/m0/s1. The van der Waals surface area contributed by atoms with Crippen molar-refractivity contribution in [1.29, 1.82) is 0 Å². The highest BCUT2D eigenvalue weighted by atomic mass is 16.5. The Labute approximate surface area is 136 Å². The van der Waals surface area contributed by atoms with Crippen molar-refractivity contribution >= 4 is 11.9 Å². The van der Waals surface area contributed by atoms with Gasteiger partial charge in [-0.2, -0.15) is 0 Å². The van der Waals surface area contributed by atoms with Crippen LogP contribution in [0.15, 0.2) is 54.6 Å². The Kier molecular flexibility index (Phi) is 5.92. The van der Waals surface area contributed by atoms with Gasteiger partial charge in [-0.25, -0.2) is 4.79 Å². The summed E-state index contributed by atoms with van der Waals surface area (Å²) >= 11 is 0. The summed E-state index contributed by atoms with van der Waals surface area (Å²) in [5.74, 6) is -1.05. The predicted octanol–water partition coefficient (Wildman–Crippen LogP) is 3.71. The SMILES string of the molecule is CCOC(=O)c1ccc([C@H](C)C(=O)OCc2ccccc2)cc1. The van der Waals surface area contributed by atoms with Gasteiger partial charge in [-0.05, 0) is 37.1 Å². The van der Waals surface area contributed by atoms with E-state index in [1.54, 1.807) is 38.1 Å². The molecule has 0 aromatic heterocycles. The van der Waals surface area contributed by atoms with Crippen LogP contribution in [0.25, 0.3) is 0 Å². The Balaban J connectivity index is 1.95. The first kappa shape index (κ1) is 16.7. The van der Waals surface area contributed by atoms with Crippen LogP contribution in [0.1, 0.15) is 41.3 Å².